The van der Waals surface area contributed by atoms with E-state index in [2.05, 4.69) is 24.1 Å². The molecular formula is C13H22N2S. The Balaban J connectivity index is 1.87. The molecule has 1 aromatic rings. The molecule has 0 saturated heterocycles. The highest BCUT2D eigenvalue weighted by Gasteiger charge is 2.15. The van der Waals surface area contributed by atoms with Crippen molar-refractivity contribution >= 4 is 11.3 Å². The number of hydrogen-bond donors (Lipinski definition) is 1. The minimum absolute atomic E-state index is 0.760. The van der Waals surface area contributed by atoms with Crippen molar-refractivity contribution in [1.82, 2.24) is 10.3 Å². The van der Waals surface area contributed by atoms with Gasteiger partial charge in [0.1, 0.15) is 0 Å². The Morgan fingerprint density at radius 2 is 2.12 bits per heavy atom. The summed E-state index contributed by atoms with van der Waals surface area (Å²) in [5, 5.41) is 4.97. The minimum atomic E-state index is 0.760. The summed E-state index contributed by atoms with van der Waals surface area (Å²) in [6, 6.07) is 0.760. The van der Waals surface area contributed by atoms with Gasteiger partial charge < -0.3 is 5.32 Å². The highest BCUT2D eigenvalue weighted by molar-refractivity contribution is 7.11. The zero-order chi connectivity index (χ0) is 11.4. The summed E-state index contributed by atoms with van der Waals surface area (Å²) in [4.78, 5) is 6.06. The molecule has 0 aliphatic heterocycles. The van der Waals surface area contributed by atoms with Gasteiger partial charge >= 0.3 is 0 Å². The van der Waals surface area contributed by atoms with Gasteiger partial charge in [-0.05, 0) is 32.6 Å². The van der Waals surface area contributed by atoms with Crippen molar-refractivity contribution in [2.24, 2.45) is 0 Å². The fraction of sp³-hybridized carbons (Fsp3) is 0.769. The van der Waals surface area contributed by atoms with Gasteiger partial charge in [0.2, 0.25) is 0 Å². The Bertz CT molecular complexity index is 327. The van der Waals surface area contributed by atoms with Crippen molar-refractivity contribution in [1.29, 1.82) is 0 Å². The third-order valence-corrected chi connectivity index (χ3v) is 4.52. The van der Waals surface area contributed by atoms with E-state index in [0.29, 0.717) is 0 Å². The predicted molar refractivity (Wildman–Crippen MR) is 69.9 cm³/mol. The Labute approximate surface area is 102 Å². The Hall–Kier alpha value is -0.410. The lowest BCUT2D eigenvalue weighted by Gasteiger charge is -2.10. The van der Waals surface area contributed by atoms with E-state index in [0.717, 1.165) is 19.0 Å². The number of thiazole rings is 1. The third-order valence-electron chi connectivity index (χ3n) is 3.31. The van der Waals surface area contributed by atoms with Crippen LogP contribution < -0.4 is 5.32 Å². The van der Waals surface area contributed by atoms with Gasteiger partial charge in [0.05, 0.1) is 10.7 Å². The first-order valence-corrected chi connectivity index (χ1v) is 7.29. The monoisotopic (exact) mass is 238 g/mol. The summed E-state index contributed by atoms with van der Waals surface area (Å²) in [7, 11) is 0. The Morgan fingerprint density at radius 3 is 2.81 bits per heavy atom. The molecule has 2 nitrogen and oxygen atoms in total. The summed E-state index contributed by atoms with van der Waals surface area (Å²) in [6.07, 6.45) is 7.86. The molecule has 0 unspecified atom stereocenters. The molecular weight excluding hydrogens is 216 g/mol. The zero-order valence-corrected chi connectivity index (χ0v) is 11.2. The van der Waals surface area contributed by atoms with Crippen LogP contribution in [0, 0.1) is 6.92 Å². The van der Waals surface area contributed by atoms with E-state index in [1.54, 1.807) is 0 Å². The molecule has 2 rings (SSSR count). The van der Waals surface area contributed by atoms with Gasteiger partial charge in [-0.2, -0.15) is 0 Å². The number of hydrogen-bond acceptors (Lipinski definition) is 3. The average molecular weight is 238 g/mol. The van der Waals surface area contributed by atoms with Crippen molar-refractivity contribution in [3.05, 3.63) is 15.6 Å². The molecule has 1 aromatic heterocycles. The average Bonchev–Trinajstić information content (AvgIpc) is 2.86. The van der Waals surface area contributed by atoms with Crippen LogP contribution in [-0.4, -0.2) is 11.0 Å². The van der Waals surface area contributed by atoms with Crippen LogP contribution in [0.2, 0.25) is 0 Å². The molecule has 0 bridgehead atoms. The fourth-order valence-electron chi connectivity index (χ4n) is 2.34. The lowest BCUT2D eigenvalue weighted by molar-refractivity contribution is 0.526. The molecule has 3 heteroatoms. The Morgan fingerprint density at radius 1 is 1.38 bits per heavy atom. The van der Waals surface area contributed by atoms with E-state index in [-0.39, 0.29) is 0 Å². The maximum Gasteiger partial charge on any atom is 0.0931 e. The Kier molecular flexibility index (Phi) is 4.36. The van der Waals surface area contributed by atoms with Crippen LogP contribution in [0.3, 0.4) is 0 Å². The number of aromatic nitrogens is 1. The quantitative estimate of drug-likeness (QED) is 0.850. The molecule has 1 aliphatic carbocycles. The molecule has 1 heterocycles. The molecule has 0 atom stereocenters. The van der Waals surface area contributed by atoms with Crippen molar-refractivity contribution in [3.63, 3.8) is 0 Å². The molecule has 0 radical (unpaired) electrons. The van der Waals surface area contributed by atoms with Crippen molar-refractivity contribution < 1.29 is 0 Å². The van der Waals surface area contributed by atoms with E-state index in [1.807, 2.05) is 11.3 Å². The summed E-state index contributed by atoms with van der Waals surface area (Å²) < 4.78 is 0. The van der Waals surface area contributed by atoms with Crippen molar-refractivity contribution in [2.75, 3.05) is 0 Å². The molecule has 0 amide bonds. The van der Waals surface area contributed by atoms with Gasteiger partial charge in [0.25, 0.3) is 0 Å². The molecule has 1 N–H and O–H groups in total. The lowest BCUT2D eigenvalue weighted by atomic mass is 10.2. The van der Waals surface area contributed by atoms with E-state index in [4.69, 9.17) is 0 Å². The van der Waals surface area contributed by atoms with Crippen LogP contribution in [0.5, 0.6) is 0 Å². The largest absolute Gasteiger partial charge is 0.309 e. The van der Waals surface area contributed by atoms with Gasteiger partial charge in [-0.1, -0.05) is 19.8 Å². The maximum absolute atomic E-state index is 4.62. The predicted octanol–water partition coefficient (Wildman–Crippen LogP) is 3.44. The molecule has 1 fully saturated rings. The van der Waals surface area contributed by atoms with Gasteiger partial charge in [0, 0.05) is 17.5 Å². The first-order chi connectivity index (χ1) is 7.79. The summed E-state index contributed by atoms with van der Waals surface area (Å²) in [6.45, 7) is 5.38. The SMILES string of the molecule is CCCc1nc(C)c(CNC2CCCC2)s1. The van der Waals surface area contributed by atoms with Crippen LogP contribution in [-0.2, 0) is 13.0 Å². The molecule has 90 valence electrons. The smallest absolute Gasteiger partial charge is 0.0931 e. The van der Waals surface area contributed by atoms with Gasteiger partial charge in [0.15, 0.2) is 0 Å². The van der Waals surface area contributed by atoms with E-state index in [1.165, 1.54) is 47.7 Å². The van der Waals surface area contributed by atoms with Crippen LogP contribution in [0.15, 0.2) is 0 Å². The van der Waals surface area contributed by atoms with E-state index >= 15 is 0 Å². The van der Waals surface area contributed by atoms with Crippen LogP contribution in [0.4, 0.5) is 0 Å². The molecule has 1 saturated carbocycles. The van der Waals surface area contributed by atoms with E-state index in [9.17, 15) is 0 Å². The number of aryl methyl sites for hydroxylation is 2. The summed E-state index contributed by atoms with van der Waals surface area (Å²) in [5.74, 6) is 0. The minimum Gasteiger partial charge on any atom is -0.309 e. The van der Waals surface area contributed by atoms with Crippen LogP contribution >= 0.6 is 11.3 Å². The molecule has 0 aromatic carbocycles. The van der Waals surface area contributed by atoms with Crippen molar-refractivity contribution in [2.45, 2.75) is 65.0 Å². The lowest BCUT2D eigenvalue weighted by Crippen LogP contribution is -2.25. The number of nitrogens with zero attached hydrogens (tertiary/aromatic N) is 1. The maximum atomic E-state index is 4.62. The highest BCUT2D eigenvalue weighted by Crippen LogP contribution is 2.22. The molecule has 0 spiro atoms. The molecule has 1 aliphatic rings. The second kappa shape index (κ2) is 5.78. The summed E-state index contributed by atoms with van der Waals surface area (Å²) >= 11 is 1.89. The molecule has 16 heavy (non-hydrogen) atoms. The fourth-order valence-corrected chi connectivity index (χ4v) is 3.46. The van der Waals surface area contributed by atoms with Crippen molar-refractivity contribution in [3.8, 4) is 0 Å². The normalized spacial score (nSPS) is 17.1. The first-order valence-electron chi connectivity index (χ1n) is 6.48. The standard InChI is InChI=1S/C13H22N2S/c1-3-6-13-15-10(2)12(16-13)9-14-11-7-4-5-8-11/h11,14H,3-9H2,1-2H3. The van der Waals surface area contributed by atoms with Crippen LogP contribution in [0.25, 0.3) is 0 Å². The number of nitrogens with one attached hydrogen (secondary N) is 1. The number of rotatable bonds is 5. The second-order valence-electron chi connectivity index (χ2n) is 4.73. The van der Waals surface area contributed by atoms with Gasteiger partial charge in [-0.3, -0.25) is 0 Å². The van der Waals surface area contributed by atoms with Crippen LogP contribution in [0.1, 0.15) is 54.6 Å². The zero-order valence-electron chi connectivity index (χ0n) is 10.4. The highest BCUT2D eigenvalue weighted by atomic mass is 32.1. The first kappa shape index (κ1) is 12.1. The van der Waals surface area contributed by atoms with Gasteiger partial charge in [-0.25, -0.2) is 4.98 Å². The second-order valence-corrected chi connectivity index (χ2v) is 5.90. The topological polar surface area (TPSA) is 24.9 Å². The van der Waals surface area contributed by atoms with Gasteiger partial charge in [-0.15, -0.1) is 11.3 Å². The summed E-state index contributed by atoms with van der Waals surface area (Å²) in [5.41, 5.74) is 1.24. The van der Waals surface area contributed by atoms with E-state index < -0.39 is 0 Å². The third kappa shape index (κ3) is 3.05.